The van der Waals surface area contributed by atoms with Crippen molar-refractivity contribution in [2.24, 2.45) is 5.92 Å². The largest absolute Gasteiger partial charge is 0.343 e. The molecular formula is C21H16N2O2S. The minimum absolute atomic E-state index is 0.0103. The molecule has 0 radical (unpaired) electrons. The maximum Gasteiger partial charge on any atom is 0.251 e. The van der Waals surface area contributed by atoms with Crippen LogP contribution >= 0.6 is 11.3 Å². The molecule has 0 unspecified atom stereocenters. The third kappa shape index (κ3) is 2.47. The van der Waals surface area contributed by atoms with Crippen LogP contribution in [-0.4, -0.2) is 16.7 Å². The second-order valence-electron chi connectivity index (χ2n) is 6.79. The lowest BCUT2D eigenvalue weighted by Crippen LogP contribution is -2.29. The van der Waals surface area contributed by atoms with E-state index in [1.807, 2.05) is 35.7 Å². The number of hydrogen-bond donors (Lipinski definition) is 1. The van der Waals surface area contributed by atoms with Crippen molar-refractivity contribution in [3.05, 3.63) is 75.7 Å². The molecule has 1 saturated carbocycles. The summed E-state index contributed by atoms with van der Waals surface area (Å²) in [6, 6.07) is 12.9. The summed E-state index contributed by atoms with van der Waals surface area (Å²) in [5.74, 6) is 0.304. The molecular weight excluding hydrogens is 344 g/mol. The lowest BCUT2D eigenvalue weighted by atomic mass is 10.0. The van der Waals surface area contributed by atoms with Crippen LogP contribution in [0.5, 0.6) is 0 Å². The number of thiazole rings is 1. The van der Waals surface area contributed by atoms with Gasteiger partial charge in [-0.25, -0.2) is 4.98 Å². The lowest BCUT2D eigenvalue weighted by Gasteiger charge is -2.16. The second kappa shape index (κ2) is 5.88. The van der Waals surface area contributed by atoms with Crippen molar-refractivity contribution < 1.29 is 9.59 Å². The van der Waals surface area contributed by atoms with Gasteiger partial charge >= 0.3 is 0 Å². The van der Waals surface area contributed by atoms with E-state index in [9.17, 15) is 9.59 Å². The van der Waals surface area contributed by atoms with Crippen LogP contribution in [0.3, 0.4) is 0 Å². The van der Waals surface area contributed by atoms with E-state index < -0.39 is 0 Å². The molecule has 26 heavy (non-hydrogen) atoms. The van der Waals surface area contributed by atoms with Gasteiger partial charge in [0.15, 0.2) is 5.78 Å². The molecule has 1 heterocycles. The highest BCUT2D eigenvalue weighted by Crippen LogP contribution is 2.42. The van der Waals surface area contributed by atoms with E-state index in [0.717, 1.165) is 29.0 Å². The Labute approximate surface area is 154 Å². The zero-order valence-electron chi connectivity index (χ0n) is 13.9. The fourth-order valence-electron chi connectivity index (χ4n) is 3.59. The fourth-order valence-corrected chi connectivity index (χ4v) is 4.37. The Kier molecular flexibility index (Phi) is 3.50. The molecule has 2 aromatic carbocycles. The van der Waals surface area contributed by atoms with Crippen molar-refractivity contribution >= 4 is 23.0 Å². The molecule has 128 valence electrons. The predicted molar refractivity (Wildman–Crippen MR) is 100 cm³/mol. The summed E-state index contributed by atoms with van der Waals surface area (Å²) < 4.78 is 0. The van der Waals surface area contributed by atoms with Crippen molar-refractivity contribution in [1.29, 1.82) is 0 Å². The normalized spacial score (nSPS) is 16.1. The summed E-state index contributed by atoms with van der Waals surface area (Å²) in [6.07, 6.45) is 4.00. The van der Waals surface area contributed by atoms with Crippen LogP contribution in [-0.2, 0) is 0 Å². The second-order valence-corrected chi connectivity index (χ2v) is 7.72. The van der Waals surface area contributed by atoms with Crippen molar-refractivity contribution in [3.63, 3.8) is 0 Å². The molecule has 1 fully saturated rings. The zero-order valence-corrected chi connectivity index (χ0v) is 14.8. The molecule has 2 aliphatic carbocycles. The molecule has 1 aromatic heterocycles. The van der Waals surface area contributed by atoms with Crippen LogP contribution < -0.4 is 5.32 Å². The van der Waals surface area contributed by atoms with Crippen molar-refractivity contribution in [3.8, 4) is 11.1 Å². The summed E-state index contributed by atoms with van der Waals surface area (Å²) in [5.41, 5.74) is 3.68. The number of aromatic nitrogens is 1. The van der Waals surface area contributed by atoms with Gasteiger partial charge in [0, 0.05) is 28.3 Å². The van der Waals surface area contributed by atoms with Gasteiger partial charge in [0.2, 0.25) is 0 Å². The quantitative estimate of drug-likeness (QED) is 0.592. The van der Waals surface area contributed by atoms with Crippen molar-refractivity contribution in [1.82, 2.24) is 10.3 Å². The molecule has 1 atom stereocenters. The van der Waals surface area contributed by atoms with Gasteiger partial charge in [-0.3, -0.25) is 9.59 Å². The molecule has 4 nitrogen and oxygen atoms in total. The molecule has 0 saturated heterocycles. The number of carbonyl (C=O) groups excluding carboxylic acids is 2. The third-order valence-electron chi connectivity index (χ3n) is 5.09. The first kappa shape index (κ1) is 15.5. The van der Waals surface area contributed by atoms with Gasteiger partial charge < -0.3 is 5.32 Å². The number of nitrogens with zero attached hydrogens (tertiary/aromatic N) is 1. The fraction of sp³-hybridized carbons (Fsp3) is 0.190. The molecule has 0 bridgehead atoms. The maximum absolute atomic E-state index is 12.8. The summed E-state index contributed by atoms with van der Waals surface area (Å²) in [5, 5.41) is 6.00. The third-order valence-corrected chi connectivity index (χ3v) is 5.94. The number of hydrogen-bond acceptors (Lipinski definition) is 4. The summed E-state index contributed by atoms with van der Waals surface area (Å²) >= 11 is 1.57. The maximum atomic E-state index is 12.8. The Morgan fingerprint density at radius 1 is 1.08 bits per heavy atom. The van der Waals surface area contributed by atoms with E-state index in [0.29, 0.717) is 22.6 Å². The lowest BCUT2D eigenvalue weighted by molar-refractivity contribution is 0.0931. The monoisotopic (exact) mass is 360 g/mol. The number of fused-ring (bicyclic) bond motifs is 3. The highest BCUT2D eigenvalue weighted by Gasteiger charge is 2.35. The Morgan fingerprint density at radius 2 is 1.85 bits per heavy atom. The van der Waals surface area contributed by atoms with E-state index in [2.05, 4.69) is 10.3 Å². The van der Waals surface area contributed by atoms with Crippen LogP contribution in [0.2, 0.25) is 0 Å². The first-order valence-electron chi connectivity index (χ1n) is 8.71. The van der Waals surface area contributed by atoms with Crippen LogP contribution in [0.15, 0.2) is 54.0 Å². The standard InChI is InChI=1S/C21H16N2O2S/c24-19-16-4-2-1-3-14(16)15-8-7-13(11-17(15)19)20(25)23-18(12-5-6-12)21-22-9-10-26-21/h1-4,7-12,18H,5-6H2,(H,23,25)/t18-/m1/s1. The number of benzene rings is 2. The number of carbonyl (C=O) groups is 2. The number of ketones is 1. The summed E-state index contributed by atoms with van der Waals surface area (Å²) in [6.45, 7) is 0. The van der Waals surface area contributed by atoms with Crippen LogP contribution in [0.4, 0.5) is 0 Å². The minimum Gasteiger partial charge on any atom is -0.343 e. The smallest absolute Gasteiger partial charge is 0.251 e. The zero-order chi connectivity index (χ0) is 17.7. The Morgan fingerprint density at radius 3 is 2.58 bits per heavy atom. The Bertz CT molecular complexity index is 1020. The minimum atomic E-state index is -0.149. The molecule has 1 N–H and O–H groups in total. The molecule has 3 aromatic rings. The molecule has 2 aliphatic rings. The highest BCUT2D eigenvalue weighted by atomic mass is 32.1. The molecule has 0 spiro atoms. The van der Waals surface area contributed by atoms with Crippen molar-refractivity contribution in [2.45, 2.75) is 18.9 Å². The number of rotatable bonds is 4. The van der Waals surface area contributed by atoms with E-state index in [4.69, 9.17) is 0 Å². The topological polar surface area (TPSA) is 59.1 Å². The first-order chi connectivity index (χ1) is 12.7. The Hall–Kier alpha value is -2.79. The van der Waals surface area contributed by atoms with Gasteiger partial charge in [-0.2, -0.15) is 0 Å². The van der Waals surface area contributed by atoms with Gasteiger partial charge in [-0.15, -0.1) is 11.3 Å². The summed E-state index contributed by atoms with van der Waals surface area (Å²) in [4.78, 5) is 29.8. The van der Waals surface area contributed by atoms with E-state index >= 15 is 0 Å². The number of amides is 1. The van der Waals surface area contributed by atoms with E-state index in [1.54, 1.807) is 29.7 Å². The molecule has 5 heteroatoms. The van der Waals surface area contributed by atoms with Crippen LogP contribution in [0.1, 0.15) is 50.2 Å². The van der Waals surface area contributed by atoms with E-state index in [-0.39, 0.29) is 17.7 Å². The SMILES string of the molecule is O=C(N[C@@H](c1nccs1)C1CC1)c1ccc2c(c1)C(=O)c1ccccc1-2. The van der Waals surface area contributed by atoms with Gasteiger partial charge in [-0.05, 0) is 42.0 Å². The summed E-state index contributed by atoms with van der Waals surface area (Å²) in [7, 11) is 0. The molecule has 0 aliphatic heterocycles. The number of nitrogens with one attached hydrogen (secondary N) is 1. The highest BCUT2D eigenvalue weighted by molar-refractivity contribution is 7.09. The van der Waals surface area contributed by atoms with Gasteiger partial charge in [-0.1, -0.05) is 30.3 Å². The first-order valence-corrected chi connectivity index (χ1v) is 9.59. The van der Waals surface area contributed by atoms with Crippen LogP contribution in [0.25, 0.3) is 11.1 Å². The predicted octanol–water partition coefficient (Wildman–Crippen LogP) is 4.24. The van der Waals surface area contributed by atoms with Gasteiger partial charge in [0.25, 0.3) is 5.91 Å². The van der Waals surface area contributed by atoms with Crippen LogP contribution in [0, 0.1) is 5.92 Å². The molecule has 5 rings (SSSR count). The average molecular weight is 360 g/mol. The van der Waals surface area contributed by atoms with Gasteiger partial charge in [0.05, 0.1) is 6.04 Å². The molecule has 1 amide bonds. The van der Waals surface area contributed by atoms with Crippen molar-refractivity contribution in [2.75, 3.05) is 0 Å². The Balaban J connectivity index is 1.45. The van der Waals surface area contributed by atoms with E-state index in [1.165, 1.54) is 0 Å². The van der Waals surface area contributed by atoms with Gasteiger partial charge in [0.1, 0.15) is 5.01 Å². The average Bonchev–Trinajstić information content (AvgIpc) is 3.29.